The van der Waals surface area contributed by atoms with Crippen molar-refractivity contribution in [1.82, 2.24) is 0 Å². The van der Waals surface area contributed by atoms with Crippen LogP contribution in [0.25, 0.3) is 0 Å². The van der Waals surface area contributed by atoms with Crippen LogP contribution in [0, 0.1) is 10.1 Å². The zero-order valence-corrected chi connectivity index (χ0v) is 12.9. The minimum atomic E-state index is -0.497. The van der Waals surface area contributed by atoms with E-state index in [1.807, 2.05) is 19.1 Å². The zero-order chi connectivity index (χ0) is 16.3. The van der Waals surface area contributed by atoms with Crippen molar-refractivity contribution in [3.63, 3.8) is 0 Å². The van der Waals surface area contributed by atoms with E-state index in [-0.39, 0.29) is 17.5 Å². The number of benzene rings is 2. The van der Waals surface area contributed by atoms with Crippen LogP contribution < -0.4 is 5.32 Å². The number of nitro benzene ring substituents is 1. The molecule has 1 N–H and O–H groups in total. The first-order valence-corrected chi connectivity index (χ1v) is 7.07. The van der Waals surface area contributed by atoms with Gasteiger partial charge in [-0.05, 0) is 43.7 Å². The summed E-state index contributed by atoms with van der Waals surface area (Å²) in [5, 5.41) is 14.9. The molecule has 2 aromatic carbocycles. The van der Waals surface area contributed by atoms with E-state index >= 15 is 0 Å². The van der Waals surface area contributed by atoms with Crippen LogP contribution in [0.3, 0.4) is 0 Å². The second-order valence-corrected chi connectivity index (χ2v) is 5.40. The molecule has 0 amide bonds. The Balaban J connectivity index is 2.30. The molecule has 5 nitrogen and oxygen atoms in total. The van der Waals surface area contributed by atoms with Crippen LogP contribution in [-0.4, -0.2) is 10.7 Å². The Kier molecular flexibility index (Phi) is 4.78. The summed E-state index contributed by atoms with van der Waals surface area (Å²) in [7, 11) is 0. The summed E-state index contributed by atoms with van der Waals surface area (Å²) >= 11 is 5.85. The number of carbonyl (C=O) groups excluding carboxylic acids is 1. The summed E-state index contributed by atoms with van der Waals surface area (Å²) in [5.74, 6) is -0.208. The molecule has 0 fully saturated rings. The van der Waals surface area contributed by atoms with E-state index in [2.05, 4.69) is 5.32 Å². The number of hydrogen-bond acceptors (Lipinski definition) is 4. The standard InChI is InChI=1S/C16H15ClN2O3/c1-10(12-3-6-14(17)7-4-12)18-15-8-5-13(11(2)20)9-16(15)19(21)22/h3-10,18H,1-2H3/t10-/m1/s1. The van der Waals surface area contributed by atoms with Crippen molar-refractivity contribution in [1.29, 1.82) is 0 Å². The molecule has 0 spiro atoms. The molecular weight excluding hydrogens is 304 g/mol. The number of anilines is 1. The predicted octanol–water partition coefficient (Wildman–Crippen LogP) is 4.62. The average Bonchev–Trinajstić information content (AvgIpc) is 2.47. The fraction of sp³-hybridized carbons (Fsp3) is 0.188. The lowest BCUT2D eigenvalue weighted by Gasteiger charge is -2.16. The van der Waals surface area contributed by atoms with Crippen molar-refractivity contribution in [2.45, 2.75) is 19.9 Å². The lowest BCUT2D eigenvalue weighted by Crippen LogP contribution is -2.09. The van der Waals surface area contributed by atoms with Crippen LogP contribution >= 0.6 is 11.6 Å². The highest BCUT2D eigenvalue weighted by atomic mass is 35.5. The largest absolute Gasteiger partial charge is 0.373 e. The molecule has 1 atom stereocenters. The van der Waals surface area contributed by atoms with Gasteiger partial charge in [0.15, 0.2) is 5.78 Å². The maximum atomic E-state index is 11.4. The summed E-state index contributed by atoms with van der Waals surface area (Å²) < 4.78 is 0. The van der Waals surface area contributed by atoms with Crippen molar-refractivity contribution in [3.05, 3.63) is 68.7 Å². The van der Waals surface area contributed by atoms with Gasteiger partial charge in [-0.2, -0.15) is 0 Å². The van der Waals surface area contributed by atoms with Crippen molar-refractivity contribution in [3.8, 4) is 0 Å². The highest BCUT2D eigenvalue weighted by Crippen LogP contribution is 2.29. The Bertz CT molecular complexity index is 714. The molecule has 2 rings (SSSR count). The second-order valence-electron chi connectivity index (χ2n) is 4.96. The molecule has 2 aromatic rings. The molecule has 0 aromatic heterocycles. The van der Waals surface area contributed by atoms with E-state index in [9.17, 15) is 14.9 Å². The van der Waals surface area contributed by atoms with Crippen LogP contribution in [0.1, 0.15) is 35.8 Å². The first-order chi connectivity index (χ1) is 10.4. The lowest BCUT2D eigenvalue weighted by atomic mass is 10.1. The van der Waals surface area contributed by atoms with Crippen molar-refractivity contribution >= 4 is 28.8 Å². The predicted molar refractivity (Wildman–Crippen MR) is 86.6 cm³/mol. The van der Waals surface area contributed by atoms with Gasteiger partial charge >= 0.3 is 0 Å². The summed E-state index contributed by atoms with van der Waals surface area (Å²) in [5.41, 5.74) is 1.52. The first-order valence-electron chi connectivity index (χ1n) is 6.70. The van der Waals surface area contributed by atoms with Crippen molar-refractivity contribution in [2.24, 2.45) is 0 Å². The number of Topliss-reactive ketones (excluding diaryl/α,β-unsaturated/α-hetero) is 1. The lowest BCUT2D eigenvalue weighted by molar-refractivity contribution is -0.384. The van der Waals surface area contributed by atoms with Gasteiger partial charge in [0, 0.05) is 22.7 Å². The molecule has 114 valence electrons. The molecule has 0 bridgehead atoms. The SMILES string of the molecule is CC(=O)c1ccc(N[C@H](C)c2ccc(Cl)cc2)c([N+](=O)[O-])c1. The van der Waals surface area contributed by atoms with Gasteiger partial charge in [-0.15, -0.1) is 0 Å². The van der Waals surface area contributed by atoms with Gasteiger partial charge in [-0.25, -0.2) is 0 Å². The molecule has 0 radical (unpaired) electrons. The molecule has 0 aliphatic rings. The van der Waals surface area contributed by atoms with Gasteiger partial charge in [-0.3, -0.25) is 14.9 Å². The number of nitrogens with zero attached hydrogens (tertiary/aromatic N) is 1. The Hall–Kier alpha value is -2.40. The number of nitro groups is 1. The van der Waals surface area contributed by atoms with Crippen LogP contribution in [0.4, 0.5) is 11.4 Å². The van der Waals surface area contributed by atoms with E-state index in [1.165, 1.54) is 13.0 Å². The Morgan fingerprint density at radius 2 is 1.86 bits per heavy atom. The average molecular weight is 319 g/mol. The molecule has 0 aliphatic carbocycles. The molecule has 0 saturated heterocycles. The minimum absolute atomic E-state index is 0.117. The molecule has 0 aliphatic heterocycles. The number of ketones is 1. The van der Waals surface area contributed by atoms with E-state index in [1.54, 1.807) is 24.3 Å². The van der Waals surface area contributed by atoms with Crippen LogP contribution in [0.15, 0.2) is 42.5 Å². The summed E-state index contributed by atoms with van der Waals surface area (Å²) in [6.45, 7) is 3.27. The Labute approximate surface area is 133 Å². The van der Waals surface area contributed by atoms with E-state index in [4.69, 9.17) is 11.6 Å². The smallest absolute Gasteiger partial charge is 0.293 e. The fourth-order valence-corrected chi connectivity index (χ4v) is 2.22. The van der Waals surface area contributed by atoms with Gasteiger partial charge in [0.25, 0.3) is 5.69 Å². The first kappa shape index (κ1) is 16.0. The molecule has 22 heavy (non-hydrogen) atoms. The summed E-state index contributed by atoms with van der Waals surface area (Å²) in [6, 6.07) is 11.5. The van der Waals surface area contributed by atoms with Crippen molar-refractivity contribution in [2.75, 3.05) is 5.32 Å². The van der Waals surface area contributed by atoms with Crippen molar-refractivity contribution < 1.29 is 9.72 Å². The molecule has 0 saturated carbocycles. The quantitative estimate of drug-likeness (QED) is 0.496. The normalized spacial score (nSPS) is 11.8. The molecule has 6 heteroatoms. The summed E-state index contributed by atoms with van der Waals surface area (Å²) in [6.07, 6.45) is 0. The number of rotatable bonds is 5. The van der Waals surface area contributed by atoms with Gasteiger partial charge in [0.2, 0.25) is 0 Å². The van der Waals surface area contributed by atoms with Gasteiger partial charge in [0.1, 0.15) is 5.69 Å². The third-order valence-electron chi connectivity index (χ3n) is 3.34. The highest BCUT2D eigenvalue weighted by Gasteiger charge is 2.18. The van der Waals surface area contributed by atoms with E-state index in [0.29, 0.717) is 16.3 Å². The maximum absolute atomic E-state index is 11.4. The maximum Gasteiger partial charge on any atom is 0.293 e. The van der Waals surface area contributed by atoms with Crippen LogP contribution in [0.5, 0.6) is 0 Å². The monoisotopic (exact) mass is 318 g/mol. The topological polar surface area (TPSA) is 72.2 Å². The fourth-order valence-electron chi connectivity index (χ4n) is 2.09. The van der Waals surface area contributed by atoms with Crippen LogP contribution in [-0.2, 0) is 0 Å². The number of hydrogen-bond donors (Lipinski definition) is 1. The minimum Gasteiger partial charge on any atom is -0.373 e. The Morgan fingerprint density at radius 3 is 2.41 bits per heavy atom. The number of carbonyl (C=O) groups is 1. The molecule has 0 heterocycles. The zero-order valence-electron chi connectivity index (χ0n) is 12.2. The third-order valence-corrected chi connectivity index (χ3v) is 3.59. The van der Waals surface area contributed by atoms with E-state index in [0.717, 1.165) is 5.56 Å². The number of halogens is 1. The van der Waals surface area contributed by atoms with E-state index < -0.39 is 4.92 Å². The third kappa shape index (κ3) is 3.62. The molecule has 0 unspecified atom stereocenters. The van der Waals surface area contributed by atoms with Gasteiger partial charge < -0.3 is 5.32 Å². The molecular formula is C16H15ClN2O3. The highest BCUT2D eigenvalue weighted by molar-refractivity contribution is 6.30. The van der Waals surface area contributed by atoms with Gasteiger partial charge in [0.05, 0.1) is 4.92 Å². The van der Waals surface area contributed by atoms with Crippen LogP contribution in [0.2, 0.25) is 5.02 Å². The Morgan fingerprint density at radius 1 is 1.23 bits per heavy atom. The van der Waals surface area contributed by atoms with Gasteiger partial charge in [-0.1, -0.05) is 23.7 Å². The number of nitrogens with one attached hydrogen (secondary N) is 1. The second kappa shape index (κ2) is 6.58. The summed E-state index contributed by atoms with van der Waals surface area (Å²) in [4.78, 5) is 22.1.